The predicted molar refractivity (Wildman–Crippen MR) is 65.3 cm³/mol. The number of rotatable bonds is 4. The van der Waals surface area contributed by atoms with Crippen LogP contribution in [-0.2, 0) is 0 Å². The molecule has 1 fully saturated rings. The second kappa shape index (κ2) is 5.53. The summed E-state index contributed by atoms with van der Waals surface area (Å²) in [6, 6.07) is 10.4. The van der Waals surface area contributed by atoms with Crippen LogP contribution in [0.1, 0.15) is 24.8 Å². The lowest BCUT2D eigenvalue weighted by molar-refractivity contribution is 0.574. The van der Waals surface area contributed by atoms with Crippen LogP contribution in [0.3, 0.4) is 0 Å². The topological polar surface area (TPSA) is 47.9 Å². The lowest BCUT2D eigenvalue weighted by atomic mass is 10.1. The highest BCUT2D eigenvalue weighted by Crippen LogP contribution is 2.12. The number of benzene rings is 1. The van der Waals surface area contributed by atoms with Crippen LogP contribution in [0, 0.1) is 11.3 Å². The highest BCUT2D eigenvalue weighted by molar-refractivity contribution is 5.48. The van der Waals surface area contributed by atoms with Gasteiger partial charge >= 0.3 is 0 Å². The molecule has 1 aliphatic rings. The number of hydrogen-bond donors (Lipinski definition) is 2. The van der Waals surface area contributed by atoms with Crippen LogP contribution in [0.15, 0.2) is 24.3 Å². The van der Waals surface area contributed by atoms with Crippen molar-refractivity contribution in [3.63, 3.8) is 0 Å². The van der Waals surface area contributed by atoms with Crippen molar-refractivity contribution in [1.29, 1.82) is 5.26 Å². The molecule has 2 rings (SSSR count). The normalized spacial score (nSPS) is 19.3. The van der Waals surface area contributed by atoms with Crippen LogP contribution < -0.4 is 10.6 Å². The lowest BCUT2D eigenvalue weighted by Crippen LogP contribution is -2.24. The maximum absolute atomic E-state index is 8.77. The average Bonchev–Trinajstić information content (AvgIpc) is 2.82. The van der Waals surface area contributed by atoms with E-state index in [0.717, 1.165) is 25.2 Å². The maximum atomic E-state index is 8.77. The van der Waals surface area contributed by atoms with Crippen LogP contribution in [0.25, 0.3) is 0 Å². The van der Waals surface area contributed by atoms with Gasteiger partial charge in [-0.25, -0.2) is 0 Å². The third kappa shape index (κ3) is 2.98. The molecule has 0 radical (unpaired) electrons. The number of anilines is 1. The molecule has 1 aliphatic heterocycles. The molecule has 0 amide bonds. The molecule has 0 spiro atoms. The summed E-state index contributed by atoms with van der Waals surface area (Å²) in [7, 11) is 0. The van der Waals surface area contributed by atoms with Gasteiger partial charge in [0.25, 0.3) is 0 Å². The minimum Gasteiger partial charge on any atom is -0.385 e. The molecule has 0 aromatic heterocycles. The Labute approximate surface area is 96.5 Å². The Hall–Kier alpha value is -1.53. The van der Waals surface area contributed by atoms with Gasteiger partial charge in [-0.15, -0.1) is 0 Å². The molecular formula is C13H17N3. The van der Waals surface area contributed by atoms with E-state index in [0.29, 0.717) is 11.6 Å². The third-order valence-electron chi connectivity index (χ3n) is 2.98. The fourth-order valence-electron chi connectivity index (χ4n) is 2.09. The molecule has 0 bridgehead atoms. The minimum absolute atomic E-state index is 0.673. The molecule has 1 saturated heterocycles. The van der Waals surface area contributed by atoms with Crippen molar-refractivity contribution in [2.24, 2.45) is 0 Å². The van der Waals surface area contributed by atoms with Crippen LogP contribution >= 0.6 is 0 Å². The molecule has 3 heteroatoms. The average molecular weight is 215 g/mol. The molecule has 1 aromatic carbocycles. The van der Waals surface area contributed by atoms with E-state index >= 15 is 0 Å². The SMILES string of the molecule is N#Cc1cccc(NCCC2CCCN2)c1. The van der Waals surface area contributed by atoms with Gasteiger partial charge in [-0.1, -0.05) is 6.07 Å². The van der Waals surface area contributed by atoms with Gasteiger partial charge in [0.05, 0.1) is 11.6 Å². The summed E-state index contributed by atoms with van der Waals surface area (Å²) in [5.41, 5.74) is 1.75. The fourth-order valence-corrected chi connectivity index (χ4v) is 2.09. The molecule has 1 aromatic rings. The van der Waals surface area contributed by atoms with E-state index in [1.54, 1.807) is 0 Å². The van der Waals surface area contributed by atoms with Crippen LogP contribution in [0.2, 0.25) is 0 Å². The first-order valence-corrected chi connectivity index (χ1v) is 5.86. The van der Waals surface area contributed by atoms with Gasteiger partial charge in [0, 0.05) is 18.3 Å². The molecule has 1 atom stereocenters. The van der Waals surface area contributed by atoms with Crippen molar-refractivity contribution in [3.05, 3.63) is 29.8 Å². The standard InChI is InChI=1S/C13H17N3/c14-10-11-3-1-4-13(9-11)16-8-6-12-5-2-7-15-12/h1,3-4,9,12,15-16H,2,5-8H2. The van der Waals surface area contributed by atoms with Gasteiger partial charge in [0.1, 0.15) is 0 Å². The maximum Gasteiger partial charge on any atom is 0.0992 e. The first kappa shape index (κ1) is 11.0. The van der Waals surface area contributed by atoms with Crippen LogP contribution in [-0.4, -0.2) is 19.1 Å². The monoisotopic (exact) mass is 215 g/mol. The van der Waals surface area contributed by atoms with Crippen molar-refractivity contribution in [2.45, 2.75) is 25.3 Å². The van der Waals surface area contributed by atoms with Gasteiger partial charge in [-0.3, -0.25) is 0 Å². The first-order valence-electron chi connectivity index (χ1n) is 5.86. The molecule has 0 saturated carbocycles. The molecule has 0 aliphatic carbocycles. The largest absolute Gasteiger partial charge is 0.385 e. The molecule has 2 N–H and O–H groups in total. The van der Waals surface area contributed by atoms with E-state index in [2.05, 4.69) is 16.7 Å². The third-order valence-corrected chi connectivity index (χ3v) is 2.98. The lowest BCUT2D eigenvalue weighted by Gasteiger charge is -2.11. The molecule has 1 heterocycles. The highest BCUT2D eigenvalue weighted by atomic mass is 14.9. The molecule has 1 unspecified atom stereocenters. The van der Waals surface area contributed by atoms with Gasteiger partial charge < -0.3 is 10.6 Å². The summed E-state index contributed by atoms with van der Waals surface area (Å²) in [5.74, 6) is 0. The van der Waals surface area contributed by atoms with E-state index in [1.165, 1.54) is 12.8 Å². The van der Waals surface area contributed by atoms with Gasteiger partial charge in [-0.2, -0.15) is 5.26 Å². The smallest absolute Gasteiger partial charge is 0.0992 e. The summed E-state index contributed by atoms with van der Waals surface area (Å²) < 4.78 is 0. The minimum atomic E-state index is 0.673. The second-order valence-corrected chi connectivity index (χ2v) is 4.20. The van der Waals surface area contributed by atoms with Gasteiger partial charge in [0.2, 0.25) is 0 Å². The molecule has 16 heavy (non-hydrogen) atoms. The van der Waals surface area contributed by atoms with Crippen molar-refractivity contribution >= 4 is 5.69 Å². The second-order valence-electron chi connectivity index (χ2n) is 4.20. The van der Waals surface area contributed by atoms with E-state index in [9.17, 15) is 0 Å². The van der Waals surface area contributed by atoms with E-state index in [4.69, 9.17) is 5.26 Å². The zero-order chi connectivity index (χ0) is 11.2. The Balaban J connectivity index is 1.78. The van der Waals surface area contributed by atoms with E-state index in [1.807, 2.05) is 24.3 Å². The van der Waals surface area contributed by atoms with Crippen molar-refractivity contribution in [1.82, 2.24) is 5.32 Å². The summed E-state index contributed by atoms with van der Waals surface area (Å²) >= 11 is 0. The highest BCUT2D eigenvalue weighted by Gasteiger charge is 2.12. The Bertz CT molecular complexity index is 375. The predicted octanol–water partition coefficient (Wildman–Crippen LogP) is 2.11. The summed E-state index contributed by atoms with van der Waals surface area (Å²) in [4.78, 5) is 0. The summed E-state index contributed by atoms with van der Waals surface area (Å²) in [6.07, 6.45) is 3.74. The molecular weight excluding hydrogens is 198 g/mol. The number of hydrogen-bond acceptors (Lipinski definition) is 3. The van der Waals surface area contributed by atoms with E-state index < -0.39 is 0 Å². The number of nitrogens with one attached hydrogen (secondary N) is 2. The van der Waals surface area contributed by atoms with Crippen molar-refractivity contribution < 1.29 is 0 Å². The fraction of sp³-hybridized carbons (Fsp3) is 0.462. The zero-order valence-electron chi connectivity index (χ0n) is 9.37. The molecule has 84 valence electrons. The summed E-state index contributed by atoms with van der Waals surface area (Å²) in [6.45, 7) is 2.13. The van der Waals surface area contributed by atoms with Crippen LogP contribution in [0.5, 0.6) is 0 Å². The number of nitrogens with zero attached hydrogens (tertiary/aromatic N) is 1. The zero-order valence-corrected chi connectivity index (χ0v) is 9.37. The van der Waals surface area contributed by atoms with Crippen LogP contribution in [0.4, 0.5) is 5.69 Å². The number of nitriles is 1. The Morgan fingerprint density at radius 2 is 2.44 bits per heavy atom. The molecule has 3 nitrogen and oxygen atoms in total. The van der Waals surface area contributed by atoms with Crippen molar-refractivity contribution in [3.8, 4) is 6.07 Å². The first-order chi connectivity index (χ1) is 7.88. The summed E-state index contributed by atoms with van der Waals surface area (Å²) in [5, 5.41) is 15.6. The Morgan fingerprint density at radius 3 is 3.19 bits per heavy atom. The van der Waals surface area contributed by atoms with Gasteiger partial charge in [-0.05, 0) is 44.0 Å². The Morgan fingerprint density at radius 1 is 1.50 bits per heavy atom. The van der Waals surface area contributed by atoms with Crippen molar-refractivity contribution in [2.75, 3.05) is 18.4 Å². The van der Waals surface area contributed by atoms with Gasteiger partial charge in [0.15, 0.2) is 0 Å². The Kier molecular flexibility index (Phi) is 3.79. The van der Waals surface area contributed by atoms with E-state index in [-0.39, 0.29) is 0 Å². The quantitative estimate of drug-likeness (QED) is 0.808.